The summed E-state index contributed by atoms with van der Waals surface area (Å²) in [6, 6.07) is 7.60. The van der Waals surface area contributed by atoms with Gasteiger partial charge in [0.2, 0.25) is 0 Å². The number of rotatable bonds is 10. The molecule has 1 aromatic rings. The smallest absolute Gasteiger partial charge is 0.119 e. The van der Waals surface area contributed by atoms with Crippen molar-refractivity contribution in [1.82, 2.24) is 0 Å². The molecule has 0 saturated carbocycles. The Morgan fingerprint density at radius 3 is 2.54 bits per heavy atom. The van der Waals surface area contributed by atoms with E-state index in [1.807, 2.05) is 49.4 Å². The van der Waals surface area contributed by atoms with Crippen LogP contribution in [0.2, 0.25) is 0 Å². The number of allylic oxidation sites excluding steroid dienone is 5. The molecule has 5 nitrogen and oxygen atoms in total. The van der Waals surface area contributed by atoms with Crippen molar-refractivity contribution in [3.8, 4) is 5.75 Å². The first-order valence-electron chi connectivity index (χ1n) is 8.12. The van der Waals surface area contributed by atoms with Gasteiger partial charge >= 0.3 is 0 Å². The molecule has 0 heterocycles. The zero-order chi connectivity index (χ0) is 17.6. The van der Waals surface area contributed by atoms with Gasteiger partial charge in [0, 0.05) is 7.05 Å². The van der Waals surface area contributed by atoms with E-state index in [9.17, 15) is 0 Å². The van der Waals surface area contributed by atoms with Crippen LogP contribution >= 0.6 is 0 Å². The van der Waals surface area contributed by atoms with Crippen LogP contribution in [0.15, 0.2) is 80.9 Å². The summed E-state index contributed by atoms with van der Waals surface area (Å²) in [4.78, 5) is 0. The lowest BCUT2D eigenvalue weighted by Crippen LogP contribution is -1.93. The normalized spacial score (nSPS) is 13.0. The number of hydrogen-bond acceptors (Lipinski definition) is 5. The molecule has 0 atom stereocenters. The van der Waals surface area contributed by atoms with Crippen molar-refractivity contribution in [3.05, 3.63) is 60.5 Å². The molecule has 0 aliphatic heterocycles. The molecular weight excluding hydrogens is 300 g/mol. The third-order valence-electron chi connectivity index (χ3n) is 2.98. The fourth-order valence-corrected chi connectivity index (χ4v) is 1.78. The van der Waals surface area contributed by atoms with Gasteiger partial charge in [-0.1, -0.05) is 13.0 Å². The minimum Gasteiger partial charge on any atom is -0.494 e. The average Bonchev–Trinajstić information content (AvgIpc) is 2.60. The van der Waals surface area contributed by atoms with Gasteiger partial charge in [0.25, 0.3) is 0 Å². The first-order chi connectivity index (χ1) is 11.7. The molecule has 0 spiro atoms. The van der Waals surface area contributed by atoms with Crippen molar-refractivity contribution in [3.63, 3.8) is 0 Å². The summed E-state index contributed by atoms with van der Waals surface area (Å²) in [5.74, 6) is 0.849. The van der Waals surface area contributed by atoms with Gasteiger partial charge in [-0.25, -0.2) is 0 Å². The molecule has 0 aromatic heterocycles. The second-order valence-corrected chi connectivity index (χ2v) is 5.14. The molecule has 0 aliphatic rings. The lowest BCUT2D eigenvalue weighted by atomic mass is 10.2. The van der Waals surface area contributed by atoms with Gasteiger partial charge in [0.15, 0.2) is 0 Å². The Morgan fingerprint density at radius 1 is 1.17 bits per heavy atom. The SMILES string of the molecule is C=CCC\C(=C/C=C(C)/N=N\C)N=Nc1ccc(OCCC)cc1. The van der Waals surface area contributed by atoms with E-state index >= 15 is 0 Å². The fraction of sp³-hybridized carbons (Fsp3) is 0.368. The van der Waals surface area contributed by atoms with E-state index in [1.165, 1.54) is 0 Å². The largest absolute Gasteiger partial charge is 0.494 e. The summed E-state index contributed by atoms with van der Waals surface area (Å²) in [5.41, 5.74) is 2.48. The number of hydrogen-bond donors (Lipinski definition) is 0. The van der Waals surface area contributed by atoms with E-state index in [-0.39, 0.29) is 0 Å². The number of benzene rings is 1. The number of ether oxygens (including phenoxy) is 1. The lowest BCUT2D eigenvalue weighted by Gasteiger charge is -2.03. The van der Waals surface area contributed by atoms with E-state index in [0.717, 1.165) is 48.7 Å². The zero-order valence-corrected chi connectivity index (χ0v) is 14.8. The van der Waals surface area contributed by atoms with Crippen LogP contribution in [0.1, 0.15) is 33.1 Å². The first kappa shape index (κ1) is 19.5. The Morgan fingerprint density at radius 2 is 1.92 bits per heavy atom. The molecule has 0 unspecified atom stereocenters. The highest BCUT2D eigenvalue weighted by atomic mass is 16.5. The molecule has 0 bridgehead atoms. The molecule has 128 valence electrons. The van der Waals surface area contributed by atoms with E-state index < -0.39 is 0 Å². The van der Waals surface area contributed by atoms with Crippen LogP contribution in [0.3, 0.4) is 0 Å². The van der Waals surface area contributed by atoms with Crippen molar-refractivity contribution in [1.29, 1.82) is 0 Å². The molecule has 0 saturated heterocycles. The summed E-state index contributed by atoms with van der Waals surface area (Å²) < 4.78 is 5.55. The van der Waals surface area contributed by atoms with E-state index in [1.54, 1.807) is 7.05 Å². The third-order valence-corrected chi connectivity index (χ3v) is 2.98. The highest BCUT2D eigenvalue weighted by Gasteiger charge is 1.96. The average molecular weight is 326 g/mol. The Bertz CT molecular complexity index is 613. The quantitative estimate of drug-likeness (QED) is 0.279. The van der Waals surface area contributed by atoms with Crippen LogP contribution in [0.5, 0.6) is 5.75 Å². The second kappa shape index (κ2) is 11.9. The van der Waals surface area contributed by atoms with Crippen molar-refractivity contribution >= 4 is 5.69 Å². The van der Waals surface area contributed by atoms with Crippen LogP contribution in [0.25, 0.3) is 0 Å². The zero-order valence-electron chi connectivity index (χ0n) is 14.8. The van der Waals surface area contributed by atoms with Gasteiger partial charge in [-0.05, 0) is 62.6 Å². The van der Waals surface area contributed by atoms with Crippen LogP contribution in [-0.4, -0.2) is 13.7 Å². The monoisotopic (exact) mass is 326 g/mol. The first-order valence-corrected chi connectivity index (χ1v) is 8.12. The highest BCUT2D eigenvalue weighted by Crippen LogP contribution is 2.20. The van der Waals surface area contributed by atoms with Crippen molar-refractivity contribution in [2.24, 2.45) is 20.5 Å². The predicted octanol–water partition coefficient (Wildman–Crippen LogP) is 6.40. The maximum Gasteiger partial charge on any atom is 0.119 e. The van der Waals surface area contributed by atoms with Crippen molar-refractivity contribution in [2.45, 2.75) is 33.1 Å². The Labute approximate surface area is 144 Å². The van der Waals surface area contributed by atoms with Gasteiger partial charge in [-0.15, -0.1) is 6.58 Å². The summed E-state index contributed by atoms with van der Waals surface area (Å²) in [5, 5.41) is 16.3. The maximum absolute atomic E-state index is 5.55. The van der Waals surface area contributed by atoms with Crippen LogP contribution in [0, 0.1) is 0 Å². The van der Waals surface area contributed by atoms with Gasteiger partial charge in [-0.2, -0.15) is 20.5 Å². The van der Waals surface area contributed by atoms with E-state index in [4.69, 9.17) is 4.74 Å². The van der Waals surface area contributed by atoms with Gasteiger partial charge in [0.05, 0.1) is 23.7 Å². The fourth-order valence-electron chi connectivity index (χ4n) is 1.78. The molecule has 0 N–H and O–H groups in total. The molecule has 1 rings (SSSR count). The Balaban J connectivity index is 2.81. The van der Waals surface area contributed by atoms with Crippen LogP contribution in [-0.2, 0) is 0 Å². The second-order valence-electron chi connectivity index (χ2n) is 5.14. The van der Waals surface area contributed by atoms with Crippen molar-refractivity contribution < 1.29 is 4.74 Å². The van der Waals surface area contributed by atoms with Crippen LogP contribution in [0.4, 0.5) is 5.69 Å². The van der Waals surface area contributed by atoms with Crippen molar-refractivity contribution in [2.75, 3.05) is 13.7 Å². The van der Waals surface area contributed by atoms with Crippen LogP contribution < -0.4 is 4.74 Å². The number of azo groups is 2. The molecule has 0 amide bonds. The minimum absolute atomic E-state index is 0.718. The summed E-state index contributed by atoms with van der Waals surface area (Å²) in [6.45, 7) is 8.44. The van der Waals surface area contributed by atoms with Gasteiger partial charge in [0.1, 0.15) is 5.75 Å². The Hall–Kier alpha value is -2.56. The molecule has 1 aromatic carbocycles. The van der Waals surface area contributed by atoms with Gasteiger partial charge in [-0.3, -0.25) is 0 Å². The molecular formula is C19H26N4O. The number of nitrogens with zero attached hydrogens (tertiary/aromatic N) is 4. The summed E-state index contributed by atoms with van der Waals surface area (Å²) in [6.07, 6.45) is 8.27. The Kier molecular flexibility index (Phi) is 9.69. The van der Waals surface area contributed by atoms with E-state index in [2.05, 4.69) is 34.0 Å². The van der Waals surface area contributed by atoms with Gasteiger partial charge < -0.3 is 4.74 Å². The minimum atomic E-state index is 0.718. The molecule has 0 fully saturated rings. The molecule has 0 radical (unpaired) electrons. The predicted molar refractivity (Wildman–Crippen MR) is 98.8 cm³/mol. The summed E-state index contributed by atoms with van der Waals surface area (Å²) in [7, 11) is 1.65. The molecule has 0 aliphatic carbocycles. The molecule has 24 heavy (non-hydrogen) atoms. The summed E-state index contributed by atoms with van der Waals surface area (Å²) >= 11 is 0. The standard InChI is InChI=1S/C19H26N4O/c1-5-7-8-17(10-9-16(3)21-20-4)22-23-18-11-13-19(14-12-18)24-15-6-2/h5,9-14H,1,6-8,15H2,2-4H3/b16-9+,17-10+,21-20-,23-22?. The lowest BCUT2D eigenvalue weighted by molar-refractivity contribution is 0.317. The topological polar surface area (TPSA) is 58.7 Å². The van der Waals surface area contributed by atoms with E-state index in [0.29, 0.717) is 0 Å². The maximum atomic E-state index is 5.55. The molecule has 5 heteroatoms. The highest BCUT2D eigenvalue weighted by molar-refractivity contribution is 5.40. The third kappa shape index (κ3) is 8.17.